The lowest BCUT2D eigenvalue weighted by atomic mass is 9.67. The monoisotopic (exact) mass is 401 g/mol. The summed E-state index contributed by atoms with van der Waals surface area (Å²) in [5, 5.41) is 2.74. The second-order valence-corrected chi connectivity index (χ2v) is 10.5. The molecule has 1 saturated heterocycles. The Balaban J connectivity index is 1.47. The van der Waals surface area contributed by atoms with E-state index in [4.69, 9.17) is 0 Å². The number of nitrogens with one attached hydrogen (secondary N) is 1. The van der Waals surface area contributed by atoms with E-state index >= 15 is 0 Å². The summed E-state index contributed by atoms with van der Waals surface area (Å²) in [4.78, 5) is 12.8. The maximum atomic E-state index is 12.9. The minimum Gasteiger partial charge on any atom is -0.326 e. The third-order valence-corrected chi connectivity index (χ3v) is 9.97. The van der Waals surface area contributed by atoms with Crippen molar-refractivity contribution in [2.75, 3.05) is 16.8 Å². The summed E-state index contributed by atoms with van der Waals surface area (Å²) in [6.45, 7) is 0. The van der Waals surface area contributed by atoms with E-state index in [1.807, 2.05) is 0 Å². The number of carbonyl (C=O) groups excluding carboxylic acids is 1. The van der Waals surface area contributed by atoms with Gasteiger partial charge in [-0.2, -0.15) is 13.2 Å². The standard InChI is InChI=1S/C19H22F3NOS2/c20-19(21,22)15-5-2-6-16(11-15)23-17(24)12-9-13-3-1-4-14(10-12)18(13)25-7-8-26-18/h2,5-6,11-14H,1,3-4,7-10H2,(H,23,24). The second-order valence-electron chi connectivity index (χ2n) is 7.48. The molecule has 3 aliphatic rings. The van der Waals surface area contributed by atoms with Gasteiger partial charge in [0.1, 0.15) is 0 Å². The van der Waals surface area contributed by atoms with Crippen molar-refractivity contribution in [3.63, 3.8) is 0 Å². The maximum absolute atomic E-state index is 12.9. The Kier molecular flexibility index (Phi) is 4.97. The maximum Gasteiger partial charge on any atom is 0.416 e. The van der Waals surface area contributed by atoms with Crippen molar-refractivity contribution in [1.29, 1.82) is 0 Å². The average Bonchev–Trinajstić information content (AvgIpc) is 3.03. The summed E-state index contributed by atoms with van der Waals surface area (Å²) in [7, 11) is 0. The van der Waals surface area contributed by atoms with Crippen molar-refractivity contribution in [2.45, 2.75) is 42.4 Å². The molecule has 2 bridgehead atoms. The summed E-state index contributed by atoms with van der Waals surface area (Å²) in [5.41, 5.74) is -0.492. The van der Waals surface area contributed by atoms with Gasteiger partial charge in [0.2, 0.25) is 5.91 Å². The Labute approximate surface area is 160 Å². The van der Waals surface area contributed by atoms with Crippen LogP contribution in [0.15, 0.2) is 24.3 Å². The third kappa shape index (κ3) is 3.37. The zero-order chi connectivity index (χ0) is 18.4. The smallest absolute Gasteiger partial charge is 0.326 e. The Morgan fingerprint density at radius 3 is 2.38 bits per heavy atom. The number of hydrogen-bond donors (Lipinski definition) is 1. The van der Waals surface area contributed by atoms with Crippen LogP contribution in [-0.2, 0) is 11.0 Å². The summed E-state index contributed by atoms with van der Waals surface area (Å²) in [5.74, 6) is 3.27. The van der Waals surface area contributed by atoms with Gasteiger partial charge in [-0.1, -0.05) is 12.5 Å². The first-order valence-corrected chi connectivity index (χ1v) is 11.1. The molecule has 142 valence electrons. The van der Waals surface area contributed by atoms with Crippen molar-refractivity contribution < 1.29 is 18.0 Å². The highest BCUT2D eigenvalue weighted by Gasteiger charge is 2.55. The average molecular weight is 402 g/mol. The normalized spacial score (nSPS) is 30.3. The molecule has 2 nitrogen and oxygen atoms in total. The van der Waals surface area contributed by atoms with Crippen molar-refractivity contribution in [3.8, 4) is 0 Å². The lowest BCUT2D eigenvalue weighted by Gasteiger charge is -2.52. The number of alkyl halides is 3. The van der Waals surface area contributed by atoms with Crippen LogP contribution in [0.3, 0.4) is 0 Å². The first-order chi connectivity index (χ1) is 12.4. The van der Waals surface area contributed by atoms with E-state index in [-0.39, 0.29) is 17.5 Å². The first-order valence-electron chi connectivity index (χ1n) is 9.14. The topological polar surface area (TPSA) is 29.1 Å². The molecule has 2 unspecified atom stereocenters. The number of carbonyl (C=O) groups is 1. The number of thioether (sulfide) groups is 2. The van der Waals surface area contributed by atoms with Crippen LogP contribution in [0.25, 0.3) is 0 Å². The van der Waals surface area contributed by atoms with E-state index in [1.54, 1.807) is 0 Å². The molecule has 2 saturated carbocycles. The minimum atomic E-state index is -4.40. The lowest BCUT2D eigenvalue weighted by Crippen LogP contribution is -2.48. The third-order valence-electron chi connectivity index (χ3n) is 5.95. The molecule has 3 fully saturated rings. The summed E-state index contributed by atoms with van der Waals surface area (Å²) >= 11 is 4.17. The fourth-order valence-corrected chi connectivity index (χ4v) is 8.78. The molecule has 2 atom stereocenters. The molecule has 1 heterocycles. The summed E-state index contributed by atoms with van der Waals surface area (Å²) < 4.78 is 38.9. The fourth-order valence-electron chi connectivity index (χ4n) is 4.84. The summed E-state index contributed by atoms with van der Waals surface area (Å²) in [6.07, 6.45) is 0.905. The highest BCUT2D eigenvalue weighted by atomic mass is 32.2. The molecule has 26 heavy (non-hydrogen) atoms. The quantitative estimate of drug-likeness (QED) is 0.695. The number of amides is 1. The van der Waals surface area contributed by atoms with Crippen molar-refractivity contribution in [1.82, 2.24) is 0 Å². The lowest BCUT2D eigenvalue weighted by molar-refractivity contribution is -0.137. The SMILES string of the molecule is O=C(Nc1cccc(C(F)(F)F)c1)C1CC2CCCC(C1)C21SCCS1. The van der Waals surface area contributed by atoms with E-state index in [0.29, 0.717) is 15.9 Å². The number of benzene rings is 1. The number of anilines is 1. The van der Waals surface area contributed by atoms with Crippen molar-refractivity contribution in [2.24, 2.45) is 17.8 Å². The van der Waals surface area contributed by atoms with Crippen LogP contribution in [0, 0.1) is 17.8 Å². The van der Waals surface area contributed by atoms with Crippen LogP contribution in [0.4, 0.5) is 18.9 Å². The van der Waals surface area contributed by atoms with Crippen molar-refractivity contribution >= 4 is 35.1 Å². The molecule has 0 radical (unpaired) electrons. The van der Waals surface area contributed by atoms with Crippen LogP contribution in [-0.4, -0.2) is 21.5 Å². The molecule has 1 aromatic carbocycles. The van der Waals surface area contributed by atoms with Gasteiger partial charge >= 0.3 is 6.18 Å². The van der Waals surface area contributed by atoms with E-state index < -0.39 is 11.7 Å². The molecule has 0 aromatic heterocycles. The predicted molar refractivity (Wildman–Crippen MR) is 101 cm³/mol. The van der Waals surface area contributed by atoms with Crippen LogP contribution in [0.5, 0.6) is 0 Å². The van der Waals surface area contributed by atoms with Gasteiger partial charge in [0, 0.05) is 23.1 Å². The van der Waals surface area contributed by atoms with Crippen LogP contribution < -0.4 is 5.32 Å². The van der Waals surface area contributed by atoms with Crippen LogP contribution in [0.1, 0.15) is 37.7 Å². The predicted octanol–water partition coefficient (Wildman–Crippen LogP) is 5.65. The first kappa shape index (κ1) is 18.5. The van der Waals surface area contributed by atoms with Gasteiger partial charge in [-0.25, -0.2) is 0 Å². The molecule has 1 amide bonds. The van der Waals surface area contributed by atoms with Crippen LogP contribution >= 0.6 is 23.5 Å². The Hall–Kier alpha value is -0.820. The Bertz CT molecular complexity index is 672. The highest BCUT2D eigenvalue weighted by molar-refractivity contribution is 8.21. The van der Waals surface area contributed by atoms with Crippen molar-refractivity contribution in [3.05, 3.63) is 29.8 Å². The van der Waals surface area contributed by atoms with Gasteiger partial charge in [0.25, 0.3) is 0 Å². The number of rotatable bonds is 2. The molecule has 1 aliphatic heterocycles. The van der Waals surface area contributed by atoms with E-state index in [2.05, 4.69) is 28.8 Å². The van der Waals surface area contributed by atoms with E-state index in [1.165, 1.54) is 42.9 Å². The minimum absolute atomic E-state index is 0.0905. The van der Waals surface area contributed by atoms with Gasteiger partial charge in [0.15, 0.2) is 0 Å². The molecule has 7 heteroatoms. The Morgan fingerprint density at radius 1 is 1.12 bits per heavy atom. The van der Waals surface area contributed by atoms with E-state index in [0.717, 1.165) is 25.0 Å². The second kappa shape index (κ2) is 6.97. The molecule has 2 aliphatic carbocycles. The molecule has 4 rings (SSSR count). The molecule has 1 aromatic rings. The largest absolute Gasteiger partial charge is 0.416 e. The van der Waals surface area contributed by atoms with E-state index in [9.17, 15) is 18.0 Å². The van der Waals surface area contributed by atoms with Gasteiger partial charge in [-0.15, -0.1) is 23.5 Å². The van der Waals surface area contributed by atoms with Gasteiger partial charge < -0.3 is 5.32 Å². The number of hydrogen-bond acceptors (Lipinski definition) is 3. The Morgan fingerprint density at radius 2 is 1.77 bits per heavy atom. The fraction of sp³-hybridized carbons (Fsp3) is 0.632. The zero-order valence-corrected chi connectivity index (χ0v) is 16.0. The molecule has 1 N–H and O–H groups in total. The number of halogens is 3. The van der Waals surface area contributed by atoms with Gasteiger partial charge in [-0.05, 0) is 55.7 Å². The highest BCUT2D eigenvalue weighted by Crippen LogP contribution is 2.64. The van der Waals surface area contributed by atoms with Crippen LogP contribution in [0.2, 0.25) is 0 Å². The van der Waals surface area contributed by atoms with Gasteiger partial charge in [0.05, 0.1) is 9.64 Å². The zero-order valence-electron chi connectivity index (χ0n) is 14.3. The molecule has 1 spiro atoms. The summed E-state index contributed by atoms with van der Waals surface area (Å²) in [6, 6.07) is 4.92. The molecular formula is C19H22F3NOS2. The van der Waals surface area contributed by atoms with Gasteiger partial charge in [-0.3, -0.25) is 4.79 Å². The molecular weight excluding hydrogens is 379 g/mol.